The van der Waals surface area contributed by atoms with E-state index in [0.717, 1.165) is 13.1 Å². The van der Waals surface area contributed by atoms with Crippen LogP contribution in [0.2, 0.25) is 5.02 Å². The number of likely N-dealkylation sites (N-methyl/N-ethyl adjacent to an activating group) is 1. The summed E-state index contributed by atoms with van der Waals surface area (Å²) < 4.78 is 5.20. The molecule has 128 valence electrons. The predicted molar refractivity (Wildman–Crippen MR) is 95.0 cm³/mol. The molecule has 0 atom stereocenters. The first kappa shape index (κ1) is 18.0. The van der Waals surface area contributed by atoms with Crippen molar-refractivity contribution in [2.75, 3.05) is 44.9 Å². The Hall–Kier alpha value is -2.38. The third-order valence-electron chi connectivity index (χ3n) is 3.17. The number of rotatable bonds is 7. The first-order valence-corrected chi connectivity index (χ1v) is 7.73. The monoisotopic (exact) mass is 349 g/mol. The van der Waals surface area contributed by atoms with Crippen LogP contribution in [0.25, 0.3) is 0 Å². The van der Waals surface area contributed by atoms with Crippen molar-refractivity contribution in [3.05, 3.63) is 41.2 Å². The molecule has 0 unspecified atom stereocenters. The number of hydrogen-bond donors (Lipinski definition) is 2. The highest BCUT2D eigenvalue weighted by Crippen LogP contribution is 2.28. The zero-order valence-electron chi connectivity index (χ0n) is 13.8. The number of methoxy groups -OCH3 is 1. The highest BCUT2D eigenvalue weighted by atomic mass is 35.5. The van der Waals surface area contributed by atoms with E-state index >= 15 is 0 Å². The molecule has 0 spiro atoms. The van der Waals surface area contributed by atoms with Gasteiger partial charge in [-0.3, -0.25) is 4.79 Å². The fraction of sp³-hybridized carbons (Fsp3) is 0.312. The van der Waals surface area contributed by atoms with Crippen LogP contribution in [0.1, 0.15) is 10.4 Å². The third kappa shape index (κ3) is 5.07. The lowest BCUT2D eigenvalue weighted by Gasteiger charge is -2.11. The Morgan fingerprint density at radius 1 is 1.29 bits per heavy atom. The van der Waals surface area contributed by atoms with Gasteiger partial charge in [0, 0.05) is 30.5 Å². The second-order valence-electron chi connectivity index (χ2n) is 5.32. The number of aromatic nitrogens is 2. The van der Waals surface area contributed by atoms with Crippen molar-refractivity contribution in [2.24, 2.45) is 0 Å². The Morgan fingerprint density at radius 2 is 2.00 bits per heavy atom. The van der Waals surface area contributed by atoms with Crippen LogP contribution in [0.4, 0.5) is 11.6 Å². The normalized spacial score (nSPS) is 10.5. The second kappa shape index (κ2) is 8.47. The number of halogens is 1. The number of benzene rings is 1. The van der Waals surface area contributed by atoms with E-state index in [4.69, 9.17) is 16.3 Å². The Kier molecular flexibility index (Phi) is 6.34. The number of hydrogen-bond acceptors (Lipinski definition) is 6. The van der Waals surface area contributed by atoms with E-state index in [1.165, 1.54) is 19.5 Å². The molecule has 0 aliphatic carbocycles. The Balaban J connectivity index is 2.01. The molecule has 24 heavy (non-hydrogen) atoms. The first-order valence-electron chi connectivity index (χ1n) is 7.35. The van der Waals surface area contributed by atoms with Gasteiger partial charge in [0.05, 0.1) is 18.4 Å². The molecule has 0 saturated heterocycles. The molecule has 0 aliphatic rings. The summed E-state index contributed by atoms with van der Waals surface area (Å²) in [5.74, 6) is 0.666. The van der Waals surface area contributed by atoms with Gasteiger partial charge in [0.2, 0.25) is 5.95 Å². The highest BCUT2D eigenvalue weighted by molar-refractivity contribution is 6.31. The van der Waals surface area contributed by atoms with Crippen molar-refractivity contribution in [3.63, 3.8) is 0 Å². The fourth-order valence-corrected chi connectivity index (χ4v) is 2.07. The minimum absolute atomic E-state index is 0.338. The zero-order chi connectivity index (χ0) is 17.5. The number of ether oxygens (including phenoxy) is 1. The molecule has 0 bridgehead atoms. The molecule has 2 N–H and O–H groups in total. The summed E-state index contributed by atoms with van der Waals surface area (Å²) in [5.41, 5.74) is 0.832. The maximum Gasteiger partial charge on any atom is 0.258 e. The average Bonchev–Trinajstić information content (AvgIpc) is 2.55. The number of carbonyl (C=O) groups is 1. The number of anilines is 2. The van der Waals surface area contributed by atoms with E-state index in [0.29, 0.717) is 28.0 Å². The Bertz CT molecular complexity index is 691. The van der Waals surface area contributed by atoms with Crippen LogP contribution in [0, 0.1) is 0 Å². The molecule has 1 amide bonds. The van der Waals surface area contributed by atoms with Gasteiger partial charge in [-0.1, -0.05) is 11.6 Å². The molecule has 0 saturated carbocycles. The molecule has 0 fully saturated rings. The standard InChI is InChI=1S/C16H20ClN5O2/c1-22(2)7-6-18-16-19-9-11(10-20-16)15(23)21-13-8-12(17)4-5-14(13)24-3/h4-5,8-10H,6-7H2,1-3H3,(H,21,23)(H,18,19,20). The summed E-state index contributed by atoms with van der Waals surface area (Å²) in [7, 11) is 5.50. The summed E-state index contributed by atoms with van der Waals surface area (Å²) in [6, 6.07) is 5.00. The second-order valence-corrected chi connectivity index (χ2v) is 5.76. The van der Waals surface area contributed by atoms with Crippen molar-refractivity contribution < 1.29 is 9.53 Å². The quantitative estimate of drug-likeness (QED) is 0.799. The smallest absolute Gasteiger partial charge is 0.258 e. The molecule has 1 aromatic heterocycles. The Labute approximate surface area is 146 Å². The van der Waals surface area contributed by atoms with Gasteiger partial charge in [0.25, 0.3) is 5.91 Å². The Morgan fingerprint density at radius 3 is 2.62 bits per heavy atom. The van der Waals surface area contributed by atoms with Crippen LogP contribution >= 0.6 is 11.6 Å². The van der Waals surface area contributed by atoms with Gasteiger partial charge in [0.15, 0.2) is 0 Å². The van der Waals surface area contributed by atoms with Crippen molar-refractivity contribution in [3.8, 4) is 5.75 Å². The predicted octanol–water partition coefficient (Wildman–Crippen LogP) is 2.36. The van der Waals surface area contributed by atoms with Gasteiger partial charge in [-0.05, 0) is 32.3 Å². The lowest BCUT2D eigenvalue weighted by Crippen LogP contribution is -2.21. The summed E-state index contributed by atoms with van der Waals surface area (Å²) in [6.45, 7) is 1.58. The van der Waals surface area contributed by atoms with Gasteiger partial charge < -0.3 is 20.3 Å². The topological polar surface area (TPSA) is 79.4 Å². The van der Waals surface area contributed by atoms with E-state index in [1.807, 2.05) is 19.0 Å². The van der Waals surface area contributed by atoms with Crippen LogP contribution in [-0.4, -0.2) is 55.1 Å². The van der Waals surface area contributed by atoms with Gasteiger partial charge in [-0.25, -0.2) is 9.97 Å². The fourth-order valence-electron chi connectivity index (χ4n) is 1.90. The molecule has 2 rings (SSSR count). The van der Waals surface area contributed by atoms with Gasteiger partial charge in [-0.15, -0.1) is 0 Å². The van der Waals surface area contributed by atoms with E-state index in [-0.39, 0.29) is 5.91 Å². The van der Waals surface area contributed by atoms with Crippen molar-refractivity contribution in [1.29, 1.82) is 0 Å². The van der Waals surface area contributed by atoms with Gasteiger partial charge in [-0.2, -0.15) is 0 Å². The van der Waals surface area contributed by atoms with Crippen LogP contribution in [-0.2, 0) is 0 Å². The first-order chi connectivity index (χ1) is 11.5. The third-order valence-corrected chi connectivity index (χ3v) is 3.40. The number of nitrogens with zero attached hydrogens (tertiary/aromatic N) is 3. The average molecular weight is 350 g/mol. The van der Waals surface area contributed by atoms with E-state index < -0.39 is 0 Å². The minimum atomic E-state index is -0.338. The molecule has 8 heteroatoms. The molecular formula is C16H20ClN5O2. The highest BCUT2D eigenvalue weighted by Gasteiger charge is 2.11. The lowest BCUT2D eigenvalue weighted by atomic mass is 10.2. The number of nitrogens with one attached hydrogen (secondary N) is 2. The SMILES string of the molecule is COc1ccc(Cl)cc1NC(=O)c1cnc(NCCN(C)C)nc1. The number of amides is 1. The van der Waals surface area contributed by atoms with Crippen LogP contribution < -0.4 is 15.4 Å². The van der Waals surface area contributed by atoms with Crippen LogP contribution in [0.3, 0.4) is 0 Å². The van der Waals surface area contributed by atoms with E-state index in [1.54, 1.807) is 18.2 Å². The van der Waals surface area contributed by atoms with Crippen molar-refractivity contribution >= 4 is 29.1 Å². The van der Waals surface area contributed by atoms with E-state index in [2.05, 4.69) is 20.6 Å². The molecule has 0 aliphatic heterocycles. The zero-order valence-corrected chi connectivity index (χ0v) is 14.6. The summed E-state index contributed by atoms with van der Waals surface area (Å²) in [5, 5.41) is 6.33. The molecule has 1 heterocycles. The molecular weight excluding hydrogens is 330 g/mol. The molecule has 2 aromatic rings. The largest absolute Gasteiger partial charge is 0.495 e. The van der Waals surface area contributed by atoms with Crippen LogP contribution in [0.5, 0.6) is 5.75 Å². The maximum atomic E-state index is 12.3. The van der Waals surface area contributed by atoms with E-state index in [9.17, 15) is 4.79 Å². The molecule has 7 nitrogen and oxygen atoms in total. The minimum Gasteiger partial charge on any atom is -0.495 e. The summed E-state index contributed by atoms with van der Waals surface area (Å²) in [4.78, 5) is 22.6. The number of carbonyl (C=O) groups excluding carboxylic acids is 1. The lowest BCUT2D eigenvalue weighted by molar-refractivity contribution is 0.102. The molecule has 1 aromatic carbocycles. The van der Waals surface area contributed by atoms with Crippen molar-refractivity contribution in [1.82, 2.24) is 14.9 Å². The van der Waals surface area contributed by atoms with Gasteiger partial charge in [0.1, 0.15) is 5.75 Å². The molecule has 0 radical (unpaired) electrons. The summed E-state index contributed by atoms with van der Waals surface area (Å²) >= 11 is 5.95. The van der Waals surface area contributed by atoms with Gasteiger partial charge >= 0.3 is 0 Å². The summed E-state index contributed by atoms with van der Waals surface area (Å²) in [6.07, 6.45) is 2.94. The maximum absolute atomic E-state index is 12.3. The van der Waals surface area contributed by atoms with Crippen LogP contribution in [0.15, 0.2) is 30.6 Å². The van der Waals surface area contributed by atoms with Crippen molar-refractivity contribution in [2.45, 2.75) is 0 Å².